The van der Waals surface area contributed by atoms with Gasteiger partial charge in [-0.05, 0) is 75.0 Å². The van der Waals surface area contributed by atoms with Crippen LogP contribution < -0.4 is 33.2 Å². The lowest BCUT2D eigenvalue weighted by molar-refractivity contribution is -0.148. The molecule has 1 aliphatic heterocycles. The molecule has 0 radical (unpaired) electrons. The monoisotopic (exact) mass is 679 g/mol. The van der Waals surface area contributed by atoms with Crippen LogP contribution in [-0.2, 0) is 36.8 Å². The number of hydrogen-bond acceptors (Lipinski definition) is 8. The first-order valence-corrected chi connectivity index (χ1v) is 17.1. The van der Waals surface area contributed by atoms with E-state index in [9.17, 15) is 29.1 Å². The molecule has 0 aliphatic carbocycles. The highest BCUT2D eigenvalue weighted by Gasteiger charge is 2.40. The van der Waals surface area contributed by atoms with Crippen LogP contribution in [0.15, 0.2) is 60.7 Å². The maximum absolute atomic E-state index is 13.8. The van der Waals surface area contributed by atoms with Crippen LogP contribution in [0.1, 0.15) is 63.5 Å². The molecule has 2 aromatic carbocycles. The minimum absolute atomic E-state index is 0.00156. The van der Waals surface area contributed by atoms with Crippen molar-refractivity contribution in [2.24, 2.45) is 23.1 Å². The number of benzene rings is 2. The number of nitrogens with two attached hydrogens (primary N) is 3. The number of nitrogens with zero attached hydrogens (tertiary/aromatic N) is 1. The minimum Gasteiger partial charge on any atom is -0.480 e. The van der Waals surface area contributed by atoms with E-state index in [-0.39, 0.29) is 63.4 Å². The Morgan fingerprint density at radius 1 is 0.796 bits per heavy atom. The number of aliphatic carboxylic acids is 1. The third-order valence-corrected chi connectivity index (χ3v) is 8.88. The lowest BCUT2D eigenvalue weighted by Crippen LogP contribution is -2.60. The fourth-order valence-electron chi connectivity index (χ4n) is 5.85. The summed E-state index contributed by atoms with van der Waals surface area (Å²) in [6.07, 6.45) is 2.22. The molecule has 1 fully saturated rings. The highest BCUT2D eigenvalue weighted by molar-refractivity contribution is 5.95. The molecule has 10 N–H and O–H groups in total. The molecule has 0 spiro atoms. The van der Waals surface area contributed by atoms with Crippen molar-refractivity contribution in [3.05, 3.63) is 71.8 Å². The first-order chi connectivity index (χ1) is 23.3. The normalized spacial score (nSPS) is 16.6. The zero-order valence-corrected chi connectivity index (χ0v) is 28.6. The fraction of sp³-hybridized carbons (Fsp3) is 0.528. The lowest BCUT2D eigenvalue weighted by Gasteiger charge is -2.38. The van der Waals surface area contributed by atoms with Crippen LogP contribution in [0.3, 0.4) is 0 Å². The molecule has 1 heterocycles. The molecule has 13 nitrogen and oxygen atoms in total. The summed E-state index contributed by atoms with van der Waals surface area (Å²) in [7, 11) is 0. The summed E-state index contributed by atoms with van der Waals surface area (Å²) >= 11 is 0. The van der Waals surface area contributed by atoms with Gasteiger partial charge in [0, 0.05) is 13.1 Å². The molecule has 4 amide bonds. The Balaban J connectivity index is 1.75. The molecule has 2 aromatic rings. The molecule has 3 rings (SSSR count). The van der Waals surface area contributed by atoms with E-state index >= 15 is 0 Å². The first-order valence-electron chi connectivity index (χ1n) is 17.1. The SMILES string of the molecule is CC(C)C[C@@H](NC(=O)[C@@H](CCc1ccccc1)NC(=O)[C@H](N)Cc1ccccc1)C(=O)N[C@H](CCCN)C(=O)N1CCC(N)(C(=O)O)CC1. The largest absolute Gasteiger partial charge is 0.480 e. The van der Waals surface area contributed by atoms with Gasteiger partial charge in [-0.25, -0.2) is 0 Å². The molecule has 0 aromatic heterocycles. The van der Waals surface area contributed by atoms with E-state index in [4.69, 9.17) is 17.2 Å². The van der Waals surface area contributed by atoms with Crippen molar-refractivity contribution in [3.8, 4) is 0 Å². The van der Waals surface area contributed by atoms with Gasteiger partial charge in [-0.1, -0.05) is 74.5 Å². The quantitative estimate of drug-likeness (QED) is 0.118. The lowest BCUT2D eigenvalue weighted by atomic mass is 9.88. The predicted molar refractivity (Wildman–Crippen MR) is 187 cm³/mol. The number of carboxylic acids is 1. The topological polar surface area (TPSA) is 223 Å². The maximum Gasteiger partial charge on any atom is 0.323 e. The number of carboxylic acid groups (broad SMARTS) is 1. The molecule has 0 saturated carbocycles. The molecule has 268 valence electrons. The van der Waals surface area contributed by atoms with Crippen molar-refractivity contribution >= 4 is 29.6 Å². The summed E-state index contributed by atoms with van der Waals surface area (Å²) < 4.78 is 0. The first kappa shape index (κ1) is 39.1. The fourth-order valence-corrected chi connectivity index (χ4v) is 5.85. The zero-order chi connectivity index (χ0) is 36.0. The summed E-state index contributed by atoms with van der Waals surface area (Å²) in [4.78, 5) is 67.5. The van der Waals surface area contributed by atoms with Crippen molar-refractivity contribution in [2.45, 2.75) is 94.9 Å². The Hall–Kier alpha value is -4.33. The van der Waals surface area contributed by atoms with Crippen LogP contribution >= 0.6 is 0 Å². The number of rotatable bonds is 18. The van der Waals surface area contributed by atoms with Gasteiger partial charge in [-0.15, -0.1) is 0 Å². The summed E-state index contributed by atoms with van der Waals surface area (Å²) in [5.41, 5.74) is 18.4. The molecule has 0 bridgehead atoms. The number of aryl methyl sites for hydroxylation is 1. The molecular weight excluding hydrogens is 626 g/mol. The Bertz CT molecular complexity index is 1380. The van der Waals surface area contributed by atoms with Gasteiger partial charge in [0.25, 0.3) is 0 Å². The predicted octanol–water partition coefficient (Wildman–Crippen LogP) is 0.833. The second kappa shape index (κ2) is 19.0. The molecule has 13 heteroatoms. The third-order valence-electron chi connectivity index (χ3n) is 8.88. The standard InChI is InChI=1S/C36H53N7O6/c1-24(2)22-30(33(46)41-29(14-9-19-37)34(47)43-20-17-36(39,18-21-43)35(48)49)42-32(45)28(16-15-25-10-5-3-6-11-25)40-31(44)27(38)23-26-12-7-4-8-13-26/h3-8,10-13,24,27-30H,9,14-23,37-39H2,1-2H3,(H,40,44)(H,41,46)(H,42,45)(H,48,49)/t27-,28-,29-,30-/m1/s1. The molecule has 4 atom stereocenters. The summed E-state index contributed by atoms with van der Waals surface area (Å²) in [5.74, 6) is -3.03. The van der Waals surface area contributed by atoms with E-state index in [0.29, 0.717) is 19.4 Å². The maximum atomic E-state index is 13.8. The van der Waals surface area contributed by atoms with E-state index in [1.54, 1.807) is 0 Å². The smallest absolute Gasteiger partial charge is 0.323 e. The van der Waals surface area contributed by atoms with Gasteiger partial charge in [-0.2, -0.15) is 0 Å². The number of likely N-dealkylation sites (tertiary alicyclic amines) is 1. The van der Waals surface area contributed by atoms with Gasteiger partial charge in [0.05, 0.1) is 6.04 Å². The Morgan fingerprint density at radius 2 is 1.33 bits per heavy atom. The minimum atomic E-state index is -1.41. The van der Waals surface area contributed by atoms with Gasteiger partial charge < -0.3 is 43.2 Å². The van der Waals surface area contributed by atoms with Crippen molar-refractivity contribution in [1.82, 2.24) is 20.9 Å². The van der Waals surface area contributed by atoms with E-state index < -0.39 is 53.4 Å². The van der Waals surface area contributed by atoms with Gasteiger partial charge >= 0.3 is 5.97 Å². The van der Waals surface area contributed by atoms with Crippen LogP contribution in [0, 0.1) is 5.92 Å². The third kappa shape index (κ3) is 12.3. The summed E-state index contributed by atoms with van der Waals surface area (Å²) in [5, 5.41) is 18.0. The van der Waals surface area contributed by atoms with Gasteiger partial charge in [0.2, 0.25) is 23.6 Å². The van der Waals surface area contributed by atoms with E-state index in [1.807, 2.05) is 74.5 Å². The van der Waals surface area contributed by atoms with Crippen LogP contribution in [0.4, 0.5) is 0 Å². The number of carbonyl (C=O) groups is 5. The van der Waals surface area contributed by atoms with E-state index in [0.717, 1.165) is 11.1 Å². The number of piperidine rings is 1. The van der Waals surface area contributed by atoms with Crippen LogP contribution in [0.5, 0.6) is 0 Å². The molecule has 0 unspecified atom stereocenters. The summed E-state index contributed by atoms with van der Waals surface area (Å²) in [6, 6.07) is 15.1. The molecule has 1 saturated heterocycles. The molecule has 49 heavy (non-hydrogen) atoms. The van der Waals surface area contributed by atoms with Crippen LogP contribution in [-0.4, -0.2) is 88.9 Å². The second-order valence-corrected chi connectivity index (χ2v) is 13.4. The Kier molecular flexibility index (Phi) is 15.2. The van der Waals surface area contributed by atoms with Gasteiger partial charge in [0.15, 0.2) is 0 Å². The Labute approximate surface area is 288 Å². The average Bonchev–Trinajstić information content (AvgIpc) is 3.08. The van der Waals surface area contributed by atoms with Crippen molar-refractivity contribution in [3.63, 3.8) is 0 Å². The van der Waals surface area contributed by atoms with Crippen molar-refractivity contribution in [1.29, 1.82) is 0 Å². The average molecular weight is 680 g/mol. The van der Waals surface area contributed by atoms with Crippen molar-refractivity contribution < 1.29 is 29.1 Å². The molecular formula is C36H53N7O6. The summed E-state index contributed by atoms with van der Waals surface area (Å²) in [6.45, 7) is 4.40. The number of carbonyl (C=O) groups excluding carboxylic acids is 4. The molecule has 1 aliphatic rings. The second-order valence-electron chi connectivity index (χ2n) is 13.4. The van der Waals surface area contributed by atoms with E-state index in [2.05, 4.69) is 16.0 Å². The number of nitrogens with one attached hydrogen (secondary N) is 3. The van der Waals surface area contributed by atoms with Gasteiger partial charge in [-0.3, -0.25) is 24.0 Å². The number of amides is 4. The van der Waals surface area contributed by atoms with Crippen LogP contribution in [0.2, 0.25) is 0 Å². The zero-order valence-electron chi connectivity index (χ0n) is 28.6. The van der Waals surface area contributed by atoms with Crippen LogP contribution in [0.25, 0.3) is 0 Å². The van der Waals surface area contributed by atoms with Gasteiger partial charge in [0.1, 0.15) is 23.7 Å². The highest BCUT2D eigenvalue weighted by atomic mass is 16.4. The highest BCUT2D eigenvalue weighted by Crippen LogP contribution is 2.21. The number of hydrogen-bond donors (Lipinski definition) is 7. The van der Waals surface area contributed by atoms with Crippen molar-refractivity contribution in [2.75, 3.05) is 19.6 Å². The van der Waals surface area contributed by atoms with E-state index in [1.165, 1.54) is 4.90 Å². The Morgan fingerprint density at radius 3 is 1.88 bits per heavy atom.